The van der Waals surface area contributed by atoms with Crippen LogP contribution in [0.3, 0.4) is 0 Å². The molecule has 7 nitrogen and oxygen atoms in total. The number of hydrogen-bond acceptors (Lipinski definition) is 6. The minimum Gasteiger partial charge on any atom is -0.451 e. The van der Waals surface area contributed by atoms with Crippen molar-refractivity contribution in [1.82, 2.24) is 14.9 Å². The molecule has 1 aliphatic rings. The monoisotopic (exact) mass is 326 g/mol. The number of piperazine rings is 1. The summed E-state index contributed by atoms with van der Waals surface area (Å²) in [6, 6.07) is 10.1. The SMILES string of the molecule is O=C(OCC(=O)N1CCN(c2ccccc2)CC1)c1cnccn1. The molecule has 0 bridgehead atoms. The Morgan fingerprint density at radius 3 is 2.46 bits per heavy atom. The summed E-state index contributed by atoms with van der Waals surface area (Å²) in [6.45, 7) is 2.45. The third kappa shape index (κ3) is 3.87. The maximum Gasteiger partial charge on any atom is 0.359 e. The van der Waals surface area contributed by atoms with Crippen LogP contribution in [0.15, 0.2) is 48.9 Å². The molecule has 1 amide bonds. The van der Waals surface area contributed by atoms with E-state index in [1.807, 2.05) is 18.2 Å². The first-order valence-corrected chi connectivity index (χ1v) is 7.75. The summed E-state index contributed by atoms with van der Waals surface area (Å²) in [5.74, 6) is -0.834. The third-order valence-electron chi connectivity index (χ3n) is 3.85. The number of aromatic nitrogens is 2. The Morgan fingerprint density at radius 1 is 1.04 bits per heavy atom. The Bertz CT molecular complexity index is 685. The van der Waals surface area contributed by atoms with Crippen molar-refractivity contribution in [3.05, 3.63) is 54.6 Å². The molecule has 1 aliphatic heterocycles. The zero-order valence-electron chi connectivity index (χ0n) is 13.2. The van der Waals surface area contributed by atoms with Crippen molar-refractivity contribution in [2.75, 3.05) is 37.7 Å². The molecule has 0 atom stereocenters. The van der Waals surface area contributed by atoms with Gasteiger partial charge in [0.25, 0.3) is 5.91 Å². The fraction of sp³-hybridized carbons (Fsp3) is 0.294. The lowest BCUT2D eigenvalue weighted by Gasteiger charge is -2.36. The highest BCUT2D eigenvalue weighted by molar-refractivity contribution is 5.89. The maximum atomic E-state index is 12.2. The molecule has 1 fully saturated rings. The largest absolute Gasteiger partial charge is 0.451 e. The first-order chi connectivity index (χ1) is 11.7. The van der Waals surface area contributed by atoms with Crippen LogP contribution in [-0.2, 0) is 9.53 Å². The summed E-state index contributed by atoms with van der Waals surface area (Å²) in [7, 11) is 0. The quantitative estimate of drug-likeness (QED) is 0.780. The number of hydrogen-bond donors (Lipinski definition) is 0. The molecule has 1 saturated heterocycles. The van der Waals surface area contributed by atoms with E-state index in [1.165, 1.54) is 18.6 Å². The smallest absolute Gasteiger partial charge is 0.359 e. The van der Waals surface area contributed by atoms with Crippen LogP contribution in [-0.4, -0.2) is 59.5 Å². The second-order valence-electron chi connectivity index (χ2n) is 5.37. The number of ether oxygens (including phenoxy) is 1. The third-order valence-corrected chi connectivity index (χ3v) is 3.85. The molecule has 1 aromatic heterocycles. The van der Waals surface area contributed by atoms with Crippen LogP contribution >= 0.6 is 0 Å². The van der Waals surface area contributed by atoms with Gasteiger partial charge in [-0.25, -0.2) is 9.78 Å². The summed E-state index contributed by atoms with van der Waals surface area (Å²) in [4.78, 5) is 35.5. The number of carbonyl (C=O) groups excluding carboxylic acids is 2. The molecular formula is C17H18N4O3. The van der Waals surface area contributed by atoms with Gasteiger partial charge < -0.3 is 14.5 Å². The predicted molar refractivity (Wildman–Crippen MR) is 87.5 cm³/mol. The molecule has 3 rings (SSSR count). The second-order valence-corrected chi connectivity index (χ2v) is 5.37. The van der Waals surface area contributed by atoms with Crippen LogP contribution in [0.25, 0.3) is 0 Å². The van der Waals surface area contributed by atoms with Crippen molar-refractivity contribution < 1.29 is 14.3 Å². The van der Waals surface area contributed by atoms with Crippen molar-refractivity contribution in [3.8, 4) is 0 Å². The van der Waals surface area contributed by atoms with E-state index in [4.69, 9.17) is 4.74 Å². The molecule has 0 spiro atoms. The topological polar surface area (TPSA) is 75.6 Å². The normalized spacial score (nSPS) is 14.3. The summed E-state index contributed by atoms with van der Waals surface area (Å²) in [5, 5.41) is 0. The van der Waals surface area contributed by atoms with Crippen LogP contribution in [0.2, 0.25) is 0 Å². The molecule has 7 heteroatoms. The number of amides is 1. The minimum absolute atomic E-state index is 0.0965. The van der Waals surface area contributed by atoms with Crippen molar-refractivity contribution in [2.24, 2.45) is 0 Å². The Kier molecular flexibility index (Phi) is 5.00. The van der Waals surface area contributed by atoms with Gasteiger partial charge in [-0.2, -0.15) is 0 Å². The number of anilines is 1. The van der Waals surface area contributed by atoms with Crippen molar-refractivity contribution in [2.45, 2.75) is 0 Å². The average Bonchev–Trinajstić information content (AvgIpc) is 2.67. The van der Waals surface area contributed by atoms with Crippen LogP contribution in [0.5, 0.6) is 0 Å². The zero-order valence-corrected chi connectivity index (χ0v) is 13.2. The molecule has 0 radical (unpaired) electrons. The Morgan fingerprint density at radius 2 is 1.79 bits per heavy atom. The van der Waals surface area contributed by atoms with Crippen LogP contribution in [0.1, 0.15) is 10.5 Å². The van der Waals surface area contributed by atoms with E-state index in [0.29, 0.717) is 13.1 Å². The Labute approximate surface area is 139 Å². The zero-order chi connectivity index (χ0) is 16.8. The Hall–Kier alpha value is -2.96. The van der Waals surface area contributed by atoms with Gasteiger partial charge in [-0.3, -0.25) is 9.78 Å². The molecule has 1 aromatic carbocycles. The van der Waals surface area contributed by atoms with Gasteiger partial charge in [-0.15, -0.1) is 0 Å². The fourth-order valence-corrected chi connectivity index (χ4v) is 2.55. The van der Waals surface area contributed by atoms with E-state index in [0.717, 1.165) is 18.8 Å². The van der Waals surface area contributed by atoms with Crippen LogP contribution in [0.4, 0.5) is 5.69 Å². The standard InChI is InChI=1S/C17H18N4O3/c22-16(13-24-17(23)15-12-18-6-7-19-15)21-10-8-20(9-11-21)14-4-2-1-3-5-14/h1-7,12H,8-11,13H2. The van der Waals surface area contributed by atoms with Gasteiger partial charge in [0.1, 0.15) is 0 Å². The van der Waals surface area contributed by atoms with Gasteiger partial charge >= 0.3 is 5.97 Å². The molecule has 2 aromatic rings. The van der Waals surface area contributed by atoms with E-state index in [2.05, 4.69) is 27.0 Å². The first kappa shape index (κ1) is 15.9. The van der Waals surface area contributed by atoms with Gasteiger partial charge in [-0.1, -0.05) is 18.2 Å². The van der Waals surface area contributed by atoms with Gasteiger partial charge in [-0.05, 0) is 12.1 Å². The van der Waals surface area contributed by atoms with E-state index >= 15 is 0 Å². The summed E-state index contributed by atoms with van der Waals surface area (Å²) in [6.07, 6.45) is 4.18. The van der Waals surface area contributed by atoms with Gasteiger partial charge in [0.05, 0.1) is 6.20 Å². The molecule has 2 heterocycles. The molecule has 24 heavy (non-hydrogen) atoms. The van der Waals surface area contributed by atoms with Crippen molar-refractivity contribution >= 4 is 17.6 Å². The first-order valence-electron chi connectivity index (χ1n) is 7.75. The highest BCUT2D eigenvalue weighted by Gasteiger charge is 2.22. The molecule has 0 unspecified atom stereocenters. The second kappa shape index (κ2) is 7.54. The molecule has 0 N–H and O–H groups in total. The number of benzene rings is 1. The van der Waals surface area contributed by atoms with Gasteiger partial charge in [0, 0.05) is 44.3 Å². The molecule has 0 saturated carbocycles. The van der Waals surface area contributed by atoms with Crippen molar-refractivity contribution in [3.63, 3.8) is 0 Å². The molecular weight excluding hydrogens is 308 g/mol. The molecule has 124 valence electrons. The maximum absolute atomic E-state index is 12.2. The lowest BCUT2D eigenvalue weighted by atomic mass is 10.2. The van der Waals surface area contributed by atoms with Gasteiger partial charge in [0.2, 0.25) is 0 Å². The lowest BCUT2D eigenvalue weighted by Crippen LogP contribution is -2.49. The summed E-state index contributed by atoms with van der Waals surface area (Å²) >= 11 is 0. The number of esters is 1. The number of rotatable bonds is 4. The van der Waals surface area contributed by atoms with Gasteiger partial charge in [0.15, 0.2) is 12.3 Å². The summed E-state index contributed by atoms with van der Waals surface area (Å²) in [5.41, 5.74) is 1.25. The fourth-order valence-electron chi connectivity index (χ4n) is 2.55. The highest BCUT2D eigenvalue weighted by atomic mass is 16.5. The average molecular weight is 326 g/mol. The number of nitrogens with zero attached hydrogens (tertiary/aromatic N) is 4. The summed E-state index contributed by atoms with van der Waals surface area (Å²) < 4.78 is 5.01. The minimum atomic E-state index is -0.639. The number of carbonyl (C=O) groups is 2. The van der Waals surface area contributed by atoms with E-state index in [1.54, 1.807) is 4.90 Å². The lowest BCUT2D eigenvalue weighted by molar-refractivity contribution is -0.134. The van der Waals surface area contributed by atoms with E-state index in [-0.39, 0.29) is 18.2 Å². The highest BCUT2D eigenvalue weighted by Crippen LogP contribution is 2.15. The Balaban J connectivity index is 1.46. The number of para-hydroxylation sites is 1. The van der Waals surface area contributed by atoms with Crippen molar-refractivity contribution in [1.29, 1.82) is 0 Å². The van der Waals surface area contributed by atoms with Crippen LogP contribution < -0.4 is 4.90 Å². The predicted octanol–water partition coefficient (Wildman–Crippen LogP) is 0.982. The van der Waals surface area contributed by atoms with Crippen LogP contribution in [0, 0.1) is 0 Å². The molecule has 0 aliphatic carbocycles. The van der Waals surface area contributed by atoms with E-state index < -0.39 is 5.97 Å². The van der Waals surface area contributed by atoms with E-state index in [9.17, 15) is 9.59 Å².